The normalized spacial score (nSPS) is 14.9. The Labute approximate surface area is 192 Å². The van der Waals surface area contributed by atoms with Crippen LogP contribution in [0.25, 0.3) is 0 Å². The third kappa shape index (κ3) is 5.39. The van der Waals surface area contributed by atoms with E-state index in [1.165, 1.54) is 21.3 Å². The second-order valence-electron chi connectivity index (χ2n) is 7.12. The molecule has 33 heavy (non-hydrogen) atoms. The molecular formula is C24H28O9. The smallest absolute Gasteiger partial charge is 0.188 e. The summed E-state index contributed by atoms with van der Waals surface area (Å²) < 4.78 is 38.2. The van der Waals surface area contributed by atoms with E-state index in [1.54, 1.807) is 30.3 Å². The highest BCUT2D eigenvalue weighted by Gasteiger charge is 2.35. The number of allylic oxidation sites excluding steroid dienone is 1. The first-order valence-electron chi connectivity index (χ1n) is 10.2. The fourth-order valence-corrected chi connectivity index (χ4v) is 3.58. The van der Waals surface area contributed by atoms with Crippen LogP contribution in [0.3, 0.4) is 0 Å². The molecule has 0 fully saturated rings. The number of carbonyl (C=O) groups is 1. The third-order valence-electron chi connectivity index (χ3n) is 4.94. The van der Waals surface area contributed by atoms with E-state index < -0.39 is 6.10 Å². The van der Waals surface area contributed by atoms with Gasteiger partial charge in [0.2, 0.25) is 0 Å². The van der Waals surface area contributed by atoms with Crippen molar-refractivity contribution in [3.05, 3.63) is 53.6 Å². The molecule has 0 saturated heterocycles. The molecule has 0 bridgehead atoms. The maximum Gasteiger partial charge on any atom is 0.188 e. The van der Waals surface area contributed by atoms with Gasteiger partial charge >= 0.3 is 0 Å². The van der Waals surface area contributed by atoms with E-state index in [4.69, 9.17) is 33.2 Å². The van der Waals surface area contributed by atoms with Crippen molar-refractivity contribution in [2.24, 2.45) is 0 Å². The van der Waals surface area contributed by atoms with Crippen LogP contribution in [0.1, 0.15) is 34.0 Å². The van der Waals surface area contributed by atoms with Gasteiger partial charge in [-0.25, -0.2) is 0 Å². The largest absolute Gasteiger partial charge is 0.507 e. The summed E-state index contributed by atoms with van der Waals surface area (Å²) in [5.41, 5.74) is 1.06. The monoisotopic (exact) mass is 460 g/mol. The standard InChI is InChI=1S/C24H28O9/c1-5-7-15-19(32-14-29-4)11-21-22(24(15)26)16(25)10-20(33-21)23-17(30-12-27-2)8-6-9-18(23)31-13-28-3/h5-6,8-9,11,20,26H,1,7,10,12-14H2,2-4H3. The van der Waals surface area contributed by atoms with E-state index in [9.17, 15) is 9.90 Å². The molecule has 0 saturated carbocycles. The molecule has 3 rings (SSSR count). The zero-order chi connectivity index (χ0) is 23.8. The van der Waals surface area contributed by atoms with Gasteiger partial charge in [-0.3, -0.25) is 4.79 Å². The Morgan fingerprint density at radius 3 is 2.15 bits per heavy atom. The molecule has 2 aromatic rings. The number of carbonyl (C=O) groups excluding carboxylic acids is 1. The van der Waals surface area contributed by atoms with Crippen molar-refractivity contribution in [2.75, 3.05) is 41.7 Å². The maximum absolute atomic E-state index is 13.2. The lowest BCUT2D eigenvalue weighted by Crippen LogP contribution is -2.23. The highest BCUT2D eigenvalue weighted by Crippen LogP contribution is 2.48. The van der Waals surface area contributed by atoms with Crippen molar-refractivity contribution >= 4 is 5.78 Å². The first-order chi connectivity index (χ1) is 16.0. The highest BCUT2D eigenvalue weighted by molar-refractivity contribution is 6.03. The van der Waals surface area contributed by atoms with Crippen LogP contribution in [-0.2, 0) is 20.6 Å². The second kappa shape index (κ2) is 11.6. The molecule has 1 aliphatic heterocycles. The summed E-state index contributed by atoms with van der Waals surface area (Å²) in [4.78, 5) is 13.2. The van der Waals surface area contributed by atoms with Crippen LogP contribution < -0.4 is 18.9 Å². The van der Waals surface area contributed by atoms with E-state index in [2.05, 4.69) is 6.58 Å². The van der Waals surface area contributed by atoms with Crippen molar-refractivity contribution in [2.45, 2.75) is 18.9 Å². The molecule has 2 aromatic carbocycles. The molecule has 1 unspecified atom stereocenters. The number of fused-ring (bicyclic) bond motifs is 1. The van der Waals surface area contributed by atoms with Gasteiger partial charge < -0.3 is 38.3 Å². The van der Waals surface area contributed by atoms with Gasteiger partial charge in [0.25, 0.3) is 0 Å². The predicted octanol–water partition coefficient (Wildman–Crippen LogP) is 3.78. The number of rotatable bonds is 12. The molecule has 9 heteroatoms. The van der Waals surface area contributed by atoms with Crippen LogP contribution in [-0.4, -0.2) is 52.6 Å². The Hall–Kier alpha value is -3.27. The quantitative estimate of drug-likeness (QED) is 0.374. The minimum absolute atomic E-state index is 0.00130. The van der Waals surface area contributed by atoms with E-state index >= 15 is 0 Å². The first kappa shape index (κ1) is 24.4. The van der Waals surface area contributed by atoms with Crippen LogP contribution in [0.5, 0.6) is 28.7 Å². The van der Waals surface area contributed by atoms with E-state index in [-0.39, 0.29) is 49.6 Å². The minimum atomic E-state index is -0.746. The van der Waals surface area contributed by atoms with Crippen molar-refractivity contribution in [3.8, 4) is 28.7 Å². The molecule has 1 N–H and O–H groups in total. The summed E-state index contributed by atoms with van der Waals surface area (Å²) >= 11 is 0. The number of phenols is 1. The van der Waals surface area contributed by atoms with Crippen molar-refractivity contribution < 1.29 is 43.1 Å². The van der Waals surface area contributed by atoms with Gasteiger partial charge in [-0.05, 0) is 18.6 Å². The molecule has 0 aliphatic carbocycles. The summed E-state index contributed by atoms with van der Waals surface area (Å²) in [6.07, 6.45) is 1.13. The van der Waals surface area contributed by atoms with E-state index in [0.29, 0.717) is 34.8 Å². The van der Waals surface area contributed by atoms with Gasteiger partial charge in [0, 0.05) is 33.0 Å². The summed E-state index contributed by atoms with van der Waals surface area (Å²) in [7, 11) is 4.50. The second-order valence-corrected chi connectivity index (χ2v) is 7.12. The third-order valence-corrected chi connectivity index (χ3v) is 4.94. The number of aromatic hydroxyl groups is 1. The summed E-state index contributed by atoms with van der Waals surface area (Å²) in [6.45, 7) is 3.67. The number of methoxy groups -OCH3 is 3. The molecule has 0 amide bonds. The van der Waals surface area contributed by atoms with Gasteiger partial charge in [0.05, 0.1) is 12.0 Å². The molecule has 1 aliphatic rings. The van der Waals surface area contributed by atoms with Gasteiger partial charge in [-0.1, -0.05) is 12.1 Å². The molecule has 1 heterocycles. The molecule has 0 spiro atoms. The maximum atomic E-state index is 13.2. The van der Waals surface area contributed by atoms with E-state index in [1.807, 2.05) is 0 Å². The molecular weight excluding hydrogens is 432 g/mol. The number of Topliss-reactive ketones (excluding diaryl/α,β-unsaturated/α-hetero) is 1. The SMILES string of the molecule is C=CCc1c(OCOC)cc2c(c1O)C(=O)CC(c1c(OCOC)cccc1OCOC)O2. The number of hydrogen-bond acceptors (Lipinski definition) is 9. The van der Waals surface area contributed by atoms with Gasteiger partial charge in [0.1, 0.15) is 40.4 Å². The Morgan fingerprint density at radius 1 is 1.03 bits per heavy atom. The average molecular weight is 460 g/mol. The Bertz CT molecular complexity index is 960. The number of ketones is 1. The van der Waals surface area contributed by atoms with Crippen molar-refractivity contribution in [3.63, 3.8) is 0 Å². The number of benzene rings is 2. The van der Waals surface area contributed by atoms with Crippen molar-refractivity contribution in [1.82, 2.24) is 0 Å². The highest BCUT2D eigenvalue weighted by atomic mass is 16.7. The van der Waals surface area contributed by atoms with E-state index in [0.717, 1.165) is 0 Å². The average Bonchev–Trinajstić information content (AvgIpc) is 2.81. The van der Waals surface area contributed by atoms with Gasteiger partial charge in [-0.15, -0.1) is 6.58 Å². The molecule has 0 radical (unpaired) electrons. The Morgan fingerprint density at radius 2 is 1.61 bits per heavy atom. The summed E-state index contributed by atoms with van der Waals surface area (Å²) in [6, 6.07) is 6.79. The lowest BCUT2D eigenvalue weighted by Gasteiger charge is -2.29. The van der Waals surface area contributed by atoms with Gasteiger partial charge in [-0.2, -0.15) is 0 Å². The van der Waals surface area contributed by atoms with Crippen LogP contribution in [0.4, 0.5) is 0 Å². The van der Waals surface area contributed by atoms with Crippen LogP contribution in [0.15, 0.2) is 36.9 Å². The number of ether oxygens (including phenoxy) is 7. The summed E-state index contributed by atoms with van der Waals surface area (Å²) in [5.74, 6) is 0.918. The molecule has 178 valence electrons. The lowest BCUT2D eigenvalue weighted by molar-refractivity contribution is 0.0400. The van der Waals surface area contributed by atoms with Crippen LogP contribution in [0.2, 0.25) is 0 Å². The zero-order valence-corrected chi connectivity index (χ0v) is 18.9. The Balaban J connectivity index is 2.06. The topological polar surface area (TPSA) is 102 Å². The molecule has 1 atom stereocenters. The zero-order valence-electron chi connectivity index (χ0n) is 18.9. The van der Waals surface area contributed by atoms with Gasteiger partial charge in [0.15, 0.2) is 26.2 Å². The fraction of sp³-hybridized carbons (Fsp3) is 0.375. The Kier molecular flexibility index (Phi) is 8.53. The van der Waals surface area contributed by atoms with Crippen LogP contribution in [0, 0.1) is 0 Å². The fourth-order valence-electron chi connectivity index (χ4n) is 3.58. The lowest BCUT2D eigenvalue weighted by atomic mass is 9.92. The first-order valence-corrected chi connectivity index (χ1v) is 10.2. The number of phenolic OH excluding ortho intramolecular Hbond substituents is 1. The van der Waals surface area contributed by atoms with Crippen molar-refractivity contribution in [1.29, 1.82) is 0 Å². The molecule has 9 nitrogen and oxygen atoms in total. The minimum Gasteiger partial charge on any atom is -0.507 e. The predicted molar refractivity (Wildman–Crippen MR) is 118 cm³/mol. The number of hydrogen-bond donors (Lipinski definition) is 1. The summed E-state index contributed by atoms with van der Waals surface area (Å²) in [5, 5.41) is 10.9. The van der Waals surface area contributed by atoms with Crippen LogP contribution >= 0.6 is 0 Å². The molecule has 0 aromatic heterocycles.